The third-order valence-corrected chi connectivity index (χ3v) is 3.05. The number of nitrogens with zero attached hydrogens (tertiary/aromatic N) is 1. The molecule has 0 radical (unpaired) electrons. The number of nitrogens with two attached hydrogens (primary N) is 1. The first-order valence-corrected chi connectivity index (χ1v) is 6.29. The second-order valence-electron chi connectivity index (χ2n) is 3.27. The van der Waals surface area contributed by atoms with Crippen LogP contribution >= 0.6 is 11.8 Å². The lowest BCUT2D eigenvalue weighted by Crippen LogP contribution is -2.21. The first-order valence-electron chi connectivity index (χ1n) is 5.30. The van der Waals surface area contributed by atoms with Crippen LogP contribution < -0.4 is 10.7 Å². The maximum Gasteiger partial charge on any atom is 0.346 e. The Bertz CT molecular complexity index is 509. The van der Waals surface area contributed by atoms with E-state index in [9.17, 15) is 4.79 Å². The quantitative estimate of drug-likeness (QED) is 0.493. The standard InChI is InChI=1S/C12H13N3O2S/c1-3-5-18-11-8(7-13)6-9(10(14)15-11)12(16)17-4-2/h3,6H,1,4-5H2,2H3,(H2,14,15)/p+1. The zero-order valence-electron chi connectivity index (χ0n) is 10.0. The van der Waals surface area contributed by atoms with Crippen molar-refractivity contribution in [1.82, 2.24) is 0 Å². The summed E-state index contributed by atoms with van der Waals surface area (Å²) in [5.74, 6) is 0.297. The molecule has 0 aromatic carbocycles. The molecule has 94 valence electrons. The molecule has 0 spiro atoms. The van der Waals surface area contributed by atoms with E-state index in [-0.39, 0.29) is 18.0 Å². The van der Waals surface area contributed by atoms with Gasteiger partial charge >= 0.3 is 5.97 Å². The lowest BCUT2D eigenvalue weighted by molar-refractivity contribution is -0.410. The highest BCUT2D eigenvalue weighted by Gasteiger charge is 2.20. The van der Waals surface area contributed by atoms with Crippen LogP contribution in [0.5, 0.6) is 0 Å². The molecule has 1 aromatic heterocycles. The first kappa shape index (κ1) is 14.1. The molecule has 0 aliphatic rings. The molecule has 6 heteroatoms. The normalized spacial score (nSPS) is 9.56. The molecule has 0 aliphatic heterocycles. The third kappa shape index (κ3) is 3.25. The van der Waals surface area contributed by atoms with Crippen LogP contribution in [-0.2, 0) is 4.74 Å². The number of ether oxygens (including phenoxy) is 1. The van der Waals surface area contributed by atoms with Crippen molar-refractivity contribution in [2.45, 2.75) is 11.9 Å². The summed E-state index contributed by atoms with van der Waals surface area (Å²) in [5, 5.41) is 9.66. The summed E-state index contributed by atoms with van der Waals surface area (Å²) in [4.78, 5) is 14.4. The molecule has 0 saturated heterocycles. The van der Waals surface area contributed by atoms with Crippen LogP contribution in [-0.4, -0.2) is 18.3 Å². The zero-order valence-corrected chi connectivity index (χ0v) is 10.8. The van der Waals surface area contributed by atoms with Gasteiger partial charge in [0.25, 0.3) is 5.82 Å². The van der Waals surface area contributed by atoms with Gasteiger partial charge in [-0.05, 0) is 13.0 Å². The smallest absolute Gasteiger partial charge is 0.346 e. The highest BCUT2D eigenvalue weighted by molar-refractivity contribution is 7.99. The molecule has 1 rings (SSSR count). The van der Waals surface area contributed by atoms with Crippen molar-refractivity contribution >= 4 is 23.5 Å². The predicted octanol–water partition coefficient (Wildman–Crippen LogP) is 1.41. The number of nitrogen functional groups attached to an aromatic ring is 1. The monoisotopic (exact) mass is 264 g/mol. The fourth-order valence-corrected chi connectivity index (χ4v) is 1.99. The van der Waals surface area contributed by atoms with E-state index >= 15 is 0 Å². The molecule has 0 amide bonds. The summed E-state index contributed by atoms with van der Waals surface area (Å²) in [6, 6.07) is 3.46. The topological polar surface area (TPSA) is 90.2 Å². The lowest BCUT2D eigenvalue weighted by atomic mass is 10.2. The van der Waals surface area contributed by atoms with Crippen LogP contribution in [0.15, 0.2) is 23.7 Å². The highest BCUT2D eigenvalue weighted by atomic mass is 32.2. The molecule has 0 bridgehead atoms. The summed E-state index contributed by atoms with van der Waals surface area (Å²) in [7, 11) is 0. The molecule has 0 saturated carbocycles. The van der Waals surface area contributed by atoms with Crippen LogP contribution in [0.3, 0.4) is 0 Å². The zero-order chi connectivity index (χ0) is 13.5. The Labute approximate surface area is 110 Å². The average Bonchev–Trinajstić information content (AvgIpc) is 2.36. The summed E-state index contributed by atoms with van der Waals surface area (Å²) < 4.78 is 4.86. The van der Waals surface area contributed by atoms with Crippen molar-refractivity contribution in [2.24, 2.45) is 0 Å². The fourth-order valence-electron chi connectivity index (χ4n) is 1.26. The maximum absolute atomic E-state index is 11.6. The Kier molecular flexibility index (Phi) is 5.21. The number of nitrogens with one attached hydrogen (secondary N) is 1. The van der Waals surface area contributed by atoms with Crippen molar-refractivity contribution in [3.8, 4) is 6.07 Å². The van der Waals surface area contributed by atoms with E-state index in [0.29, 0.717) is 16.3 Å². The van der Waals surface area contributed by atoms with Gasteiger partial charge < -0.3 is 4.74 Å². The van der Waals surface area contributed by atoms with Gasteiger partial charge in [-0.1, -0.05) is 17.8 Å². The van der Waals surface area contributed by atoms with Crippen LogP contribution in [0.25, 0.3) is 0 Å². The number of hydrogen-bond donors (Lipinski definition) is 1. The Hall–Kier alpha value is -2.00. The largest absolute Gasteiger partial charge is 0.462 e. The van der Waals surface area contributed by atoms with Crippen LogP contribution in [0, 0.1) is 11.3 Å². The van der Waals surface area contributed by atoms with E-state index in [1.807, 2.05) is 6.07 Å². The van der Waals surface area contributed by atoms with E-state index in [2.05, 4.69) is 11.6 Å². The molecule has 18 heavy (non-hydrogen) atoms. The van der Waals surface area contributed by atoms with Gasteiger partial charge in [-0.2, -0.15) is 5.26 Å². The molecule has 1 heterocycles. The van der Waals surface area contributed by atoms with Gasteiger partial charge in [-0.25, -0.2) is 9.78 Å². The summed E-state index contributed by atoms with van der Waals surface area (Å²) in [6.45, 7) is 5.56. The fraction of sp³-hybridized carbons (Fsp3) is 0.250. The van der Waals surface area contributed by atoms with E-state index in [1.54, 1.807) is 13.0 Å². The molecule has 0 fully saturated rings. The first-order chi connectivity index (χ1) is 8.63. The summed E-state index contributed by atoms with van der Waals surface area (Å²) in [5.41, 5.74) is 6.28. The number of aromatic nitrogens is 1. The van der Waals surface area contributed by atoms with Crippen LogP contribution in [0.1, 0.15) is 22.8 Å². The van der Waals surface area contributed by atoms with Gasteiger partial charge in [0, 0.05) is 5.75 Å². The molecule has 1 aromatic rings. The number of H-pyrrole nitrogens is 1. The van der Waals surface area contributed by atoms with Gasteiger partial charge in [0.15, 0.2) is 5.03 Å². The number of carbonyl (C=O) groups excluding carboxylic acids is 1. The van der Waals surface area contributed by atoms with Crippen molar-refractivity contribution in [2.75, 3.05) is 18.1 Å². The minimum atomic E-state index is -0.539. The predicted molar refractivity (Wildman–Crippen MR) is 69.0 cm³/mol. The molecule has 5 nitrogen and oxygen atoms in total. The number of carbonyl (C=O) groups is 1. The number of aromatic amines is 1. The lowest BCUT2D eigenvalue weighted by Gasteiger charge is -2.04. The third-order valence-electron chi connectivity index (χ3n) is 2.03. The van der Waals surface area contributed by atoms with Gasteiger partial charge in [-0.15, -0.1) is 6.58 Å². The number of nitriles is 1. The van der Waals surface area contributed by atoms with Gasteiger partial charge in [0.2, 0.25) is 0 Å². The van der Waals surface area contributed by atoms with E-state index < -0.39 is 5.97 Å². The number of thioether (sulfide) groups is 1. The van der Waals surface area contributed by atoms with Crippen molar-refractivity contribution < 1.29 is 14.5 Å². The summed E-state index contributed by atoms with van der Waals surface area (Å²) >= 11 is 1.39. The minimum absolute atomic E-state index is 0.177. The number of anilines is 1. The SMILES string of the molecule is C=CCSc1[nH+]c(N)c(C(=O)OCC)cc1C#N. The van der Waals surface area contributed by atoms with E-state index in [1.165, 1.54) is 17.8 Å². The second kappa shape index (κ2) is 6.67. The minimum Gasteiger partial charge on any atom is -0.462 e. The number of hydrogen-bond acceptors (Lipinski definition) is 5. The number of esters is 1. The summed E-state index contributed by atoms with van der Waals surface area (Å²) in [6.07, 6.45) is 1.72. The van der Waals surface area contributed by atoms with Gasteiger partial charge in [0.05, 0.1) is 6.61 Å². The van der Waals surface area contributed by atoms with Crippen LogP contribution in [0.2, 0.25) is 0 Å². The number of pyridine rings is 1. The molecular weight excluding hydrogens is 250 g/mol. The maximum atomic E-state index is 11.6. The Balaban J connectivity index is 3.14. The average molecular weight is 264 g/mol. The van der Waals surface area contributed by atoms with Crippen molar-refractivity contribution in [1.29, 1.82) is 5.26 Å². The van der Waals surface area contributed by atoms with E-state index in [0.717, 1.165) is 0 Å². The van der Waals surface area contributed by atoms with Crippen molar-refractivity contribution in [3.63, 3.8) is 0 Å². The number of rotatable bonds is 5. The van der Waals surface area contributed by atoms with E-state index in [4.69, 9.17) is 15.7 Å². The Morgan fingerprint density at radius 3 is 3.06 bits per heavy atom. The van der Waals surface area contributed by atoms with Gasteiger partial charge in [-0.3, -0.25) is 5.73 Å². The molecule has 0 unspecified atom stereocenters. The Morgan fingerprint density at radius 1 is 1.78 bits per heavy atom. The Morgan fingerprint density at radius 2 is 2.50 bits per heavy atom. The molecule has 0 aliphatic carbocycles. The molecule has 3 N–H and O–H groups in total. The second-order valence-corrected chi connectivity index (χ2v) is 4.30. The van der Waals surface area contributed by atoms with Crippen LogP contribution in [0.4, 0.5) is 5.82 Å². The molecule has 0 atom stereocenters. The van der Waals surface area contributed by atoms with Crippen molar-refractivity contribution in [3.05, 3.63) is 29.8 Å². The highest BCUT2D eigenvalue weighted by Crippen LogP contribution is 2.21. The molecular formula is C12H14N3O2S+. The van der Waals surface area contributed by atoms with Gasteiger partial charge in [0.1, 0.15) is 17.2 Å².